The number of carboxylic acids is 1. The van der Waals surface area contributed by atoms with Crippen molar-refractivity contribution in [3.05, 3.63) is 0 Å². The minimum absolute atomic E-state index is 0.0245. The lowest BCUT2D eigenvalue weighted by molar-refractivity contribution is -0.145. The van der Waals surface area contributed by atoms with Crippen molar-refractivity contribution < 1.29 is 9.90 Å². The second kappa shape index (κ2) is 12.9. The number of rotatable bonds is 15. The highest BCUT2D eigenvalue weighted by Crippen LogP contribution is 2.38. The maximum absolute atomic E-state index is 11.9. The molecule has 1 rings (SSSR count). The molecule has 1 aliphatic rings. The molecule has 0 aromatic carbocycles. The van der Waals surface area contributed by atoms with Crippen molar-refractivity contribution in [3.63, 3.8) is 0 Å². The lowest BCUT2D eigenvalue weighted by Gasteiger charge is -2.48. The lowest BCUT2D eigenvalue weighted by atomic mass is 9.69. The van der Waals surface area contributed by atoms with Crippen LogP contribution in [-0.4, -0.2) is 22.2 Å². The molecule has 0 aliphatic carbocycles. The summed E-state index contributed by atoms with van der Waals surface area (Å²) < 4.78 is 0. The van der Waals surface area contributed by atoms with E-state index in [1.807, 2.05) is 0 Å². The molecule has 0 radical (unpaired) electrons. The van der Waals surface area contributed by atoms with Gasteiger partial charge in [-0.3, -0.25) is 4.79 Å². The Morgan fingerprint density at radius 1 is 0.821 bits per heavy atom. The van der Waals surface area contributed by atoms with E-state index in [4.69, 9.17) is 0 Å². The average molecular weight is 396 g/mol. The van der Waals surface area contributed by atoms with Gasteiger partial charge in [-0.1, -0.05) is 84.0 Å². The van der Waals surface area contributed by atoms with Crippen molar-refractivity contribution in [3.8, 4) is 0 Å². The zero-order valence-electron chi connectivity index (χ0n) is 19.6. The van der Waals surface area contributed by atoms with Crippen LogP contribution in [-0.2, 0) is 4.79 Å². The number of aliphatic carboxylic acids is 1. The predicted molar refractivity (Wildman–Crippen MR) is 121 cm³/mol. The van der Waals surface area contributed by atoms with Crippen LogP contribution in [0.25, 0.3) is 0 Å². The molecule has 1 heterocycles. The Bertz CT molecular complexity index is 414. The predicted octanol–water partition coefficient (Wildman–Crippen LogP) is 7.34. The number of hydrogen-bond acceptors (Lipinski definition) is 2. The molecule has 166 valence electrons. The minimum Gasteiger partial charge on any atom is -0.481 e. The lowest BCUT2D eigenvalue weighted by Crippen LogP contribution is -2.59. The number of piperidine rings is 1. The Morgan fingerprint density at radius 2 is 1.21 bits per heavy atom. The molecule has 0 aromatic heterocycles. The van der Waals surface area contributed by atoms with E-state index in [9.17, 15) is 9.90 Å². The monoisotopic (exact) mass is 395 g/mol. The Kier molecular flexibility index (Phi) is 11.7. The molecule has 1 fully saturated rings. The summed E-state index contributed by atoms with van der Waals surface area (Å²) in [7, 11) is 0. The maximum atomic E-state index is 11.9. The highest BCUT2D eigenvalue weighted by molar-refractivity contribution is 5.70. The molecule has 1 atom stereocenters. The van der Waals surface area contributed by atoms with Crippen LogP contribution in [0.3, 0.4) is 0 Å². The highest BCUT2D eigenvalue weighted by Gasteiger charge is 2.42. The van der Waals surface area contributed by atoms with E-state index in [-0.39, 0.29) is 22.9 Å². The van der Waals surface area contributed by atoms with Crippen molar-refractivity contribution in [1.29, 1.82) is 0 Å². The van der Waals surface area contributed by atoms with Gasteiger partial charge in [0.25, 0.3) is 0 Å². The first-order valence-electron chi connectivity index (χ1n) is 12.2. The third-order valence-corrected chi connectivity index (χ3v) is 6.48. The van der Waals surface area contributed by atoms with E-state index in [1.54, 1.807) is 0 Å². The molecular formula is C25H49NO2. The van der Waals surface area contributed by atoms with Gasteiger partial charge in [0, 0.05) is 11.1 Å². The molecule has 3 nitrogen and oxygen atoms in total. The Balaban J connectivity index is 2.18. The van der Waals surface area contributed by atoms with Crippen molar-refractivity contribution >= 4 is 5.97 Å². The fraction of sp³-hybridized carbons (Fsp3) is 0.960. The first-order chi connectivity index (χ1) is 13.2. The quantitative estimate of drug-likeness (QED) is 0.285. The standard InChI is InChI=1S/C25H49NO2/c1-6-7-8-9-10-11-12-13-14-15-16-17-18-22(23(27)28)21-19-24(2,3)26-25(4,5)20-21/h21-22,26H,6-20H2,1-5H3,(H,27,28). The van der Waals surface area contributed by atoms with E-state index >= 15 is 0 Å². The summed E-state index contributed by atoms with van der Waals surface area (Å²) in [5.74, 6) is -0.471. The van der Waals surface area contributed by atoms with Crippen LogP contribution < -0.4 is 5.32 Å². The normalized spacial score (nSPS) is 20.2. The summed E-state index contributed by atoms with van der Waals surface area (Å²) in [5.41, 5.74) is 0.0489. The van der Waals surface area contributed by atoms with E-state index < -0.39 is 5.97 Å². The third kappa shape index (κ3) is 10.8. The first kappa shape index (κ1) is 25.5. The smallest absolute Gasteiger partial charge is 0.306 e. The fourth-order valence-corrected chi connectivity index (χ4v) is 5.45. The van der Waals surface area contributed by atoms with Gasteiger partial charge in [0.1, 0.15) is 0 Å². The van der Waals surface area contributed by atoms with Gasteiger partial charge >= 0.3 is 5.97 Å². The van der Waals surface area contributed by atoms with Gasteiger partial charge < -0.3 is 10.4 Å². The molecule has 0 spiro atoms. The molecule has 1 saturated heterocycles. The molecule has 0 bridgehead atoms. The number of hydrogen-bond donors (Lipinski definition) is 2. The summed E-state index contributed by atoms with van der Waals surface area (Å²) in [6, 6.07) is 0. The Labute approximate surface area is 175 Å². The van der Waals surface area contributed by atoms with Crippen molar-refractivity contribution in [2.45, 2.75) is 142 Å². The van der Waals surface area contributed by atoms with Crippen LogP contribution in [0.5, 0.6) is 0 Å². The molecule has 2 N–H and O–H groups in total. The van der Waals surface area contributed by atoms with Crippen molar-refractivity contribution in [2.24, 2.45) is 11.8 Å². The van der Waals surface area contributed by atoms with Gasteiger partial charge in [0.2, 0.25) is 0 Å². The summed E-state index contributed by atoms with van der Waals surface area (Å²) in [4.78, 5) is 11.9. The SMILES string of the molecule is CCCCCCCCCCCCCCC(C(=O)O)C1CC(C)(C)NC(C)(C)C1. The molecule has 3 heteroatoms. The van der Waals surface area contributed by atoms with Crippen molar-refractivity contribution in [2.75, 3.05) is 0 Å². The van der Waals surface area contributed by atoms with E-state index in [0.717, 1.165) is 25.7 Å². The van der Waals surface area contributed by atoms with Crippen LogP contribution in [0.2, 0.25) is 0 Å². The second-order valence-corrected chi connectivity index (χ2v) is 10.7. The minimum atomic E-state index is -0.582. The number of unbranched alkanes of at least 4 members (excludes halogenated alkanes) is 11. The summed E-state index contributed by atoms with van der Waals surface area (Å²) >= 11 is 0. The van der Waals surface area contributed by atoms with Crippen LogP contribution in [0.1, 0.15) is 131 Å². The molecule has 0 amide bonds. The molecule has 0 saturated carbocycles. The fourth-order valence-electron chi connectivity index (χ4n) is 5.45. The van der Waals surface area contributed by atoms with Crippen LogP contribution in [0.4, 0.5) is 0 Å². The summed E-state index contributed by atoms with van der Waals surface area (Å²) in [6.45, 7) is 11.1. The second-order valence-electron chi connectivity index (χ2n) is 10.7. The van der Waals surface area contributed by atoms with E-state index in [1.165, 1.54) is 70.6 Å². The topological polar surface area (TPSA) is 49.3 Å². The number of carboxylic acid groups (broad SMARTS) is 1. The van der Waals surface area contributed by atoms with E-state index in [0.29, 0.717) is 0 Å². The molecule has 28 heavy (non-hydrogen) atoms. The van der Waals surface area contributed by atoms with Gasteiger partial charge in [-0.05, 0) is 52.9 Å². The van der Waals surface area contributed by atoms with Gasteiger partial charge in [-0.15, -0.1) is 0 Å². The molecule has 1 aliphatic heterocycles. The van der Waals surface area contributed by atoms with Gasteiger partial charge in [0.15, 0.2) is 0 Å². The summed E-state index contributed by atoms with van der Waals surface area (Å²) in [6.07, 6.45) is 18.7. The third-order valence-electron chi connectivity index (χ3n) is 6.48. The van der Waals surface area contributed by atoms with Crippen LogP contribution in [0, 0.1) is 11.8 Å². The first-order valence-corrected chi connectivity index (χ1v) is 12.2. The molecule has 1 unspecified atom stereocenters. The number of nitrogens with one attached hydrogen (secondary N) is 1. The van der Waals surface area contributed by atoms with Gasteiger partial charge in [0.05, 0.1) is 5.92 Å². The van der Waals surface area contributed by atoms with Crippen LogP contribution >= 0.6 is 0 Å². The van der Waals surface area contributed by atoms with Gasteiger partial charge in [-0.25, -0.2) is 0 Å². The summed E-state index contributed by atoms with van der Waals surface area (Å²) in [5, 5.41) is 13.5. The van der Waals surface area contributed by atoms with Gasteiger partial charge in [-0.2, -0.15) is 0 Å². The molecular weight excluding hydrogens is 346 g/mol. The van der Waals surface area contributed by atoms with Crippen molar-refractivity contribution in [1.82, 2.24) is 5.32 Å². The number of carbonyl (C=O) groups is 1. The Morgan fingerprint density at radius 3 is 1.61 bits per heavy atom. The Hall–Kier alpha value is -0.570. The largest absolute Gasteiger partial charge is 0.481 e. The zero-order valence-corrected chi connectivity index (χ0v) is 19.6. The highest BCUT2D eigenvalue weighted by atomic mass is 16.4. The zero-order chi connectivity index (χ0) is 21.0. The average Bonchev–Trinajstić information content (AvgIpc) is 2.56. The maximum Gasteiger partial charge on any atom is 0.306 e. The van der Waals surface area contributed by atoms with E-state index in [2.05, 4.69) is 39.9 Å². The molecule has 0 aromatic rings. The van der Waals surface area contributed by atoms with Crippen LogP contribution in [0.15, 0.2) is 0 Å².